The van der Waals surface area contributed by atoms with E-state index in [1.165, 1.54) is 0 Å². The van der Waals surface area contributed by atoms with Gasteiger partial charge in [-0.1, -0.05) is 23.2 Å². The Morgan fingerprint density at radius 1 is 1.33 bits per heavy atom. The molecule has 2 rings (SSSR count). The summed E-state index contributed by atoms with van der Waals surface area (Å²) in [5.74, 6) is -0.828. The Labute approximate surface area is 114 Å². The molecule has 94 valence electrons. The van der Waals surface area contributed by atoms with Crippen molar-refractivity contribution in [2.45, 2.75) is 19.8 Å². The van der Waals surface area contributed by atoms with E-state index in [-0.39, 0.29) is 6.42 Å². The second kappa shape index (κ2) is 5.12. The van der Waals surface area contributed by atoms with E-state index in [0.29, 0.717) is 22.0 Å². The number of rotatable bonds is 3. The summed E-state index contributed by atoms with van der Waals surface area (Å²) in [6.07, 6.45) is 0.508. The van der Waals surface area contributed by atoms with Crippen molar-refractivity contribution in [3.05, 3.63) is 39.5 Å². The Hall–Kier alpha value is -1.32. The van der Waals surface area contributed by atoms with E-state index in [1.807, 2.05) is 13.0 Å². The molecule has 0 amide bonds. The molecule has 0 saturated carbocycles. The molecule has 1 N–H and O–H groups in total. The van der Waals surface area contributed by atoms with Crippen molar-refractivity contribution in [1.29, 1.82) is 0 Å². The molecule has 0 unspecified atom stereocenters. The van der Waals surface area contributed by atoms with E-state index in [9.17, 15) is 4.79 Å². The van der Waals surface area contributed by atoms with Crippen molar-refractivity contribution in [3.63, 3.8) is 0 Å². The zero-order chi connectivity index (χ0) is 13.3. The van der Waals surface area contributed by atoms with Crippen molar-refractivity contribution < 1.29 is 9.90 Å². The highest BCUT2D eigenvalue weighted by atomic mass is 35.5. The van der Waals surface area contributed by atoms with E-state index in [1.54, 1.807) is 12.1 Å². The third kappa shape index (κ3) is 2.74. The van der Waals surface area contributed by atoms with Gasteiger partial charge in [0.15, 0.2) is 0 Å². The van der Waals surface area contributed by atoms with Gasteiger partial charge >= 0.3 is 5.97 Å². The molecular weight excluding hydrogens is 273 g/mol. The fourth-order valence-corrected chi connectivity index (χ4v) is 2.45. The zero-order valence-electron chi connectivity index (χ0n) is 9.70. The minimum atomic E-state index is -0.828. The molecule has 18 heavy (non-hydrogen) atoms. The van der Waals surface area contributed by atoms with Crippen LogP contribution in [0.15, 0.2) is 18.2 Å². The van der Waals surface area contributed by atoms with Gasteiger partial charge in [0, 0.05) is 22.5 Å². The standard InChI is InChI=1S/C13H11Cl2NO2/c1-7-4-8(2-3-12(17)18)10-5-9(14)6-11(15)13(10)16-7/h4-6H,2-3H2,1H3,(H,17,18). The maximum absolute atomic E-state index is 10.7. The normalized spacial score (nSPS) is 10.8. The molecule has 1 aromatic carbocycles. The van der Waals surface area contributed by atoms with Crippen LogP contribution in [0.4, 0.5) is 0 Å². The molecule has 0 radical (unpaired) electrons. The highest BCUT2D eigenvalue weighted by molar-refractivity contribution is 6.38. The quantitative estimate of drug-likeness (QED) is 0.930. The molecule has 3 nitrogen and oxygen atoms in total. The molecule has 0 atom stereocenters. The number of halogens is 2. The first-order valence-electron chi connectivity index (χ1n) is 5.44. The van der Waals surface area contributed by atoms with Gasteiger partial charge in [-0.15, -0.1) is 0 Å². The minimum Gasteiger partial charge on any atom is -0.481 e. The van der Waals surface area contributed by atoms with Gasteiger partial charge in [0.2, 0.25) is 0 Å². The van der Waals surface area contributed by atoms with Crippen molar-refractivity contribution in [3.8, 4) is 0 Å². The van der Waals surface area contributed by atoms with Crippen LogP contribution >= 0.6 is 23.2 Å². The molecular formula is C13H11Cl2NO2. The number of carbonyl (C=O) groups is 1. The largest absolute Gasteiger partial charge is 0.481 e. The predicted octanol–water partition coefficient (Wildman–Crippen LogP) is 3.87. The van der Waals surface area contributed by atoms with Gasteiger partial charge in [0.1, 0.15) is 0 Å². The summed E-state index contributed by atoms with van der Waals surface area (Å²) in [5, 5.41) is 10.6. The fourth-order valence-electron chi connectivity index (χ4n) is 1.91. The topological polar surface area (TPSA) is 50.2 Å². The molecule has 0 bridgehead atoms. The Morgan fingerprint density at radius 2 is 2.06 bits per heavy atom. The van der Waals surface area contributed by atoms with E-state index in [4.69, 9.17) is 28.3 Å². The number of hydrogen-bond donors (Lipinski definition) is 1. The molecule has 0 fully saturated rings. The van der Waals surface area contributed by atoms with Crippen molar-refractivity contribution in [1.82, 2.24) is 4.98 Å². The van der Waals surface area contributed by atoms with Gasteiger partial charge in [0.05, 0.1) is 10.5 Å². The predicted molar refractivity (Wildman–Crippen MR) is 72.5 cm³/mol. The van der Waals surface area contributed by atoms with Crippen LogP contribution in [-0.2, 0) is 11.2 Å². The summed E-state index contributed by atoms with van der Waals surface area (Å²) in [4.78, 5) is 15.0. The minimum absolute atomic E-state index is 0.0721. The lowest BCUT2D eigenvalue weighted by Crippen LogP contribution is -1.99. The lowest BCUT2D eigenvalue weighted by molar-refractivity contribution is -0.136. The van der Waals surface area contributed by atoms with Crippen LogP contribution in [0.25, 0.3) is 10.9 Å². The fraction of sp³-hybridized carbons (Fsp3) is 0.231. The number of nitrogens with zero attached hydrogens (tertiary/aromatic N) is 1. The molecule has 0 aliphatic heterocycles. The first-order chi connectivity index (χ1) is 8.47. The average Bonchev–Trinajstić information content (AvgIpc) is 2.27. The first-order valence-corrected chi connectivity index (χ1v) is 6.20. The lowest BCUT2D eigenvalue weighted by Gasteiger charge is -2.08. The molecule has 0 aliphatic rings. The summed E-state index contributed by atoms with van der Waals surface area (Å²) in [6, 6.07) is 5.28. The maximum atomic E-state index is 10.7. The Morgan fingerprint density at radius 3 is 2.72 bits per heavy atom. The van der Waals surface area contributed by atoms with E-state index in [0.717, 1.165) is 16.6 Å². The van der Waals surface area contributed by atoms with Crippen LogP contribution in [0, 0.1) is 6.92 Å². The van der Waals surface area contributed by atoms with E-state index >= 15 is 0 Å². The SMILES string of the molecule is Cc1cc(CCC(=O)O)c2cc(Cl)cc(Cl)c2n1. The Balaban J connectivity index is 2.60. The van der Waals surface area contributed by atoms with Crippen molar-refractivity contribution in [2.75, 3.05) is 0 Å². The number of aromatic nitrogens is 1. The number of carboxylic acids is 1. The van der Waals surface area contributed by atoms with Crippen LogP contribution in [0.3, 0.4) is 0 Å². The highest BCUT2D eigenvalue weighted by Gasteiger charge is 2.10. The second-order valence-corrected chi connectivity index (χ2v) is 4.94. The van der Waals surface area contributed by atoms with E-state index < -0.39 is 5.97 Å². The number of benzene rings is 1. The van der Waals surface area contributed by atoms with Crippen molar-refractivity contribution >= 4 is 40.1 Å². The molecule has 1 aromatic heterocycles. The average molecular weight is 284 g/mol. The van der Waals surface area contributed by atoms with Crippen LogP contribution in [-0.4, -0.2) is 16.1 Å². The maximum Gasteiger partial charge on any atom is 0.303 e. The summed E-state index contributed by atoms with van der Waals surface area (Å²) < 4.78 is 0. The summed E-state index contributed by atoms with van der Waals surface area (Å²) in [6.45, 7) is 1.86. The summed E-state index contributed by atoms with van der Waals surface area (Å²) in [5.41, 5.74) is 2.39. The van der Waals surface area contributed by atoms with Crippen LogP contribution in [0.2, 0.25) is 10.0 Å². The molecule has 1 heterocycles. The van der Waals surface area contributed by atoms with Gasteiger partial charge in [-0.3, -0.25) is 9.78 Å². The van der Waals surface area contributed by atoms with Gasteiger partial charge in [-0.25, -0.2) is 0 Å². The lowest BCUT2D eigenvalue weighted by atomic mass is 10.0. The number of aryl methyl sites for hydroxylation is 2. The van der Waals surface area contributed by atoms with Gasteiger partial charge in [-0.05, 0) is 37.1 Å². The smallest absolute Gasteiger partial charge is 0.303 e. The van der Waals surface area contributed by atoms with Gasteiger partial charge in [0.25, 0.3) is 0 Å². The van der Waals surface area contributed by atoms with Crippen LogP contribution < -0.4 is 0 Å². The number of fused-ring (bicyclic) bond motifs is 1. The molecule has 2 aromatic rings. The Kier molecular flexibility index (Phi) is 3.73. The number of hydrogen-bond acceptors (Lipinski definition) is 2. The van der Waals surface area contributed by atoms with Gasteiger partial charge < -0.3 is 5.11 Å². The number of carboxylic acid groups (broad SMARTS) is 1. The highest BCUT2D eigenvalue weighted by Crippen LogP contribution is 2.29. The number of aliphatic carboxylic acids is 1. The summed E-state index contributed by atoms with van der Waals surface area (Å²) >= 11 is 12.1. The van der Waals surface area contributed by atoms with E-state index in [2.05, 4.69) is 4.98 Å². The van der Waals surface area contributed by atoms with Gasteiger partial charge in [-0.2, -0.15) is 0 Å². The number of pyridine rings is 1. The third-order valence-electron chi connectivity index (χ3n) is 2.65. The van der Waals surface area contributed by atoms with Crippen LogP contribution in [0.1, 0.15) is 17.7 Å². The summed E-state index contributed by atoms with van der Waals surface area (Å²) in [7, 11) is 0. The monoisotopic (exact) mass is 283 g/mol. The Bertz CT molecular complexity index is 626. The molecule has 0 aliphatic carbocycles. The van der Waals surface area contributed by atoms with Crippen molar-refractivity contribution in [2.24, 2.45) is 0 Å². The molecule has 0 saturated heterocycles. The third-order valence-corrected chi connectivity index (χ3v) is 3.16. The zero-order valence-corrected chi connectivity index (χ0v) is 11.2. The first kappa shape index (κ1) is 13.1. The molecule has 5 heteroatoms. The second-order valence-electron chi connectivity index (χ2n) is 4.10. The molecule has 0 spiro atoms. The van der Waals surface area contributed by atoms with Crippen LogP contribution in [0.5, 0.6) is 0 Å².